The van der Waals surface area contributed by atoms with Crippen LogP contribution in [0.4, 0.5) is 10.1 Å². The Bertz CT molecular complexity index is 331. The van der Waals surface area contributed by atoms with Gasteiger partial charge in [-0.25, -0.2) is 4.39 Å². The number of methoxy groups -OCH3 is 1. The Morgan fingerprint density at radius 1 is 1.44 bits per heavy atom. The van der Waals surface area contributed by atoms with Gasteiger partial charge in [0.1, 0.15) is 5.82 Å². The summed E-state index contributed by atoms with van der Waals surface area (Å²) in [6.45, 7) is 4.68. The fraction of sp³-hybridized carbons (Fsp3) is 0.500. The summed E-state index contributed by atoms with van der Waals surface area (Å²) in [4.78, 5) is 2.13. The number of hydrogen-bond acceptors (Lipinski definition) is 3. The summed E-state index contributed by atoms with van der Waals surface area (Å²) < 4.78 is 18.1. The monoisotopic (exact) mass is 226 g/mol. The van der Waals surface area contributed by atoms with Gasteiger partial charge in [-0.3, -0.25) is 0 Å². The fourth-order valence-corrected chi connectivity index (χ4v) is 1.68. The summed E-state index contributed by atoms with van der Waals surface area (Å²) in [5.74, 6) is -0.244. The van der Waals surface area contributed by atoms with Crippen LogP contribution in [0.3, 0.4) is 0 Å². The van der Waals surface area contributed by atoms with Crippen LogP contribution < -0.4 is 10.6 Å². The second-order valence-corrected chi connectivity index (χ2v) is 3.55. The van der Waals surface area contributed by atoms with Crippen LogP contribution in [0.2, 0.25) is 0 Å². The van der Waals surface area contributed by atoms with E-state index in [1.165, 1.54) is 12.1 Å². The van der Waals surface area contributed by atoms with Crippen molar-refractivity contribution in [1.29, 1.82) is 0 Å². The smallest absolute Gasteiger partial charge is 0.123 e. The molecule has 1 aromatic rings. The van der Waals surface area contributed by atoms with Gasteiger partial charge >= 0.3 is 0 Å². The number of likely N-dealkylation sites (N-methyl/N-ethyl adjacent to an activating group) is 1. The summed E-state index contributed by atoms with van der Waals surface area (Å²) in [7, 11) is 1.67. The molecule has 0 atom stereocenters. The SMILES string of the molecule is CCN(CCOC)c1ccc(F)cc1CN. The van der Waals surface area contributed by atoms with E-state index in [4.69, 9.17) is 10.5 Å². The quantitative estimate of drug-likeness (QED) is 0.803. The highest BCUT2D eigenvalue weighted by Gasteiger charge is 2.09. The lowest BCUT2D eigenvalue weighted by Crippen LogP contribution is -2.28. The topological polar surface area (TPSA) is 38.5 Å². The second kappa shape index (κ2) is 6.45. The van der Waals surface area contributed by atoms with Crippen LogP contribution in [0.1, 0.15) is 12.5 Å². The van der Waals surface area contributed by atoms with Gasteiger partial charge in [-0.15, -0.1) is 0 Å². The predicted molar refractivity (Wildman–Crippen MR) is 64.1 cm³/mol. The van der Waals surface area contributed by atoms with Gasteiger partial charge in [-0.05, 0) is 30.7 Å². The molecule has 0 unspecified atom stereocenters. The molecule has 4 heteroatoms. The molecule has 1 rings (SSSR count). The summed E-state index contributed by atoms with van der Waals surface area (Å²) in [5, 5.41) is 0. The lowest BCUT2D eigenvalue weighted by Gasteiger charge is -2.25. The zero-order valence-corrected chi connectivity index (χ0v) is 9.87. The third-order valence-corrected chi connectivity index (χ3v) is 2.55. The van der Waals surface area contributed by atoms with Crippen LogP contribution in [0.25, 0.3) is 0 Å². The van der Waals surface area contributed by atoms with E-state index in [0.29, 0.717) is 13.2 Å². The zero-order valence-electron chi connectivity index (χ0n) is 9.87. The molecule has 0 aliphatic rings. The first-order valence-electron chi connectivity index (χ1n) is 5.45. The molecule has 0 saturated carbocycles. The number of anilines is 1. The average molecular weight is 226 g/mol. The fourth-order valence-electron chi connectivity index (χ4n) is 1.68. The Morgan fingerprint density at radius 3 is 2.75 bits per heavy atom. The van der Waals surface area contributed by atoms with Gasteiger partial charge in [-0.1, -0.05) is 0 Å². The highest BCUT2D eigenvalue weighted by atomic mass is 19.1. The van der Waals surface area contributed by atoms with Gasteiger partial charge in [0.2, 0.25) is 0 Å². The Kier molecular flexibility index (Phi) is 5.22. The maximum absolute atomic E-state index is 13.1. The Labute approximate surface area is 96.0 Å². The molecule has 0 amide bonds. The van der Waals surface area contributed by atoms with Crippen LogP contribution in [0.15, 0.2) is 18.2 Å². The molecule has 0 bridgehead atoms. The van der Waals surface area contributed by atoms with E-state index in [-0.39, 0.29) is 5.82 Å². The van der Waals surface area contributed by atoms with E-state index in [2.05, 4.69) is 11.8 Å². The molecule has 2 N–H and O–H groups in total. The molecule has 90 valence electrons. The number of halogens is 1. The molecule has 1 aromatic carbocycles. The van der Waals surface area contributed by atoms with Crippen molar-refractivity contribution in [3.63, 3.8) is 0 Å². The molecular formula is C12H19FN2O. The summed E-state index contributed by atoms with van der Waals surface area (Å²) in [6, 6.07) is 4.73. The Morgan fingerprint density at radius 2 is 2.19 bits per heavy atom. The van der Waals surface area contributed by atoms with Crippen LogP contribution in [-0.2, 0) is 11.3 Å². The van der Waals surface area contributed by atoms with Gasteiger partial charge in [0, 0.05) is 32.4 Å². The van der Waals surface area contributed by atoms with Gasteiger partial charge in [0.15, 0.2) is 0 Å². The molecule has 0 heterocycles. The molecule has 0 spiro atoms. The molecule has 0 aliphatic heterocycles. The standard InChI is InChI=1S/C12H19FN2O/c1-3-15(6-7-16-2)12-5-4-11(13)8-10(12)9-14/h4-5,8H,3,6-7,9,14H2,1-2H3. The predicted octanol–water partition coefficient (Wildman–Crippen LogP) is 1.76. The molecule has 0 radical (unpaired) electrons. The number of ether oxygens (including phenoxy) is 1. The second-order valence-electron chi connectivity index (χ2n) is 3.55. The summed E-state index contributed by atoms with van der Waals surface area (Å²) in [6.07, 6.45) is 0. The van der Waals surface area contributed by atoms with E-state index >= 15 is 0 Å². The van der Waals surface area contributed by atoms with Crippen LogP contribution >= 0.6 is 0 Å². The lowest BCUT2D eigenvalue weighted by atomic mass is 10.1. The lowest BCUT2D eigenvalue weighted by molar-refractivity contribution is 0.205. The van der Waals surface area contributed by atoms with Crippen LogP contribution in [-0.4, -0.2) is 26.8 Å². The number of nitrogens with two attached hydrogens (primary N) is 1. The van der Waals surface area contributed by atoms with Crippen molar-refractivity contribution in [3.8, 4) is 0 Å². The van der Waals surface area contributed by atoms with Gasteiger partial charge < -0.3 is 15.4 Å². The van der Waals surface area contributed by atoms with Crippen LogP contribution in [0.5, 0.6) is 0 Å². The highest BCUT2D eigenvalue weighted by molar-refractivity contribution is 5.53. The third kappa shape index (κ3) is 3.18. The molecule has 0 aromatic heterocycles. The Hall–Kier alpha value is -1.13. The maximum atomic E-state index is 13.1. The van der Waals surface area contributed by atoms with Crippen molar-refractivity contribution in [1.82, 2.24) is 0 Å². The summed E-state index contributed by atoms with van der Waals surface area (Å²) >= 11 is 0. The minimum Gasteiger partial charge on any atom is -0.383 e. The number of benzene rings is 1. The molecule has 0 saturated heterocycles. The first-order valence-corrected chi connectivity index (χ1v) is 5.45. The van der Waals surface area contributed by atoms with Crippen molar-refractivity contribution in [3.05, 3.63) is 29.6 Å². The van der Waals surface area contributed by atoms with Gasteiger partial charge in [-0.2, -0.15) is 0 Å². The first kappa shape index (κ1) is 12.9. The average Bonchev–Trinajstić information content (AvgIpc) is 2.31. The van der Waals surface area contributed by atoms with Crippen molar-refractivity contribution in [2.75, 3.05) is 31.7 Å². The minimum atomic E-state index is -0.244. The largest absolute Gasteiger partial charge is 0.383 e. The van der Waals surface area contributed by atoms with Crippen molar-refractivity contribution in [2.45, 2.75) is 13.5 Å². The maximum Gasteiger partial charge on any atom is 0.123 e. The zero-order chi connectivity index (χ0) is 12.0. The van der Waals surface area contributed by atoms with Crippen LogP contribution in [0, 0.1) is 5.82 Å². The molecule has 3 nitrogen and oxygen atoms in total. The van der Waals surface area contributed by atoms with Gasteiger partial charge in [0.05, 0.1) is 6.61 Å². The van der Waals surface area contributed by atoms with E-state index < -0.39 is 0 Å². The summed E-state index contributed by atoms with van der Waals surface area (Å²) in [5.41, 5.74) is 7.44. The van der Waals surface area contributed by atoms with Crippen molar-refractivity contribution < 1.29 is 9.13 Å². The minimum absolute atomic E-state index is 0.244. The van der Waals surface area contributed by atoms with E-state index in [9.17, 15) is 4.39 Å². The molecule has 0 fully saturated rings. The number of nitrogens with zero attached hydrogens (tertiary/aromatic N) is 1. The molecule has 16 heavy (non-hydrogen) atoms. The Balaban J connectivity index is 2.90. The van der Waals surface area contributed by atoms with E-state index in [0.717, 1.165) is 24.3 Å². The van der Waals surface area contributed by atoms with Crippen molar-refractivity contribution >= 4 is 5.69 Å². The highest BCUT2D eigenvalue weighted by Crippen LogP contribution is 2.21. The normalized spacial score (nSPS) is 10.5. The molecule has 0 aliphatic carbocycles. The molecular weight excluding hydrogens is 207 g/mol. The van der Waals surface area contributed by atoms with Crippen molar-refractivity contribution in [2.24, 2.45) is 5.73 Å². The number of rotatable bonds is 6. The van der Waals surface area contributed by atoms with E-state index in [1.54, 1.807) is 13.2 Å². The number of hydrogen-bond donors (Lipinski definition) is 1. The van der Waals surface area contributed by atoms with Gasteiger partial charge in [0.25, 0.3) is 0 Å². The first-order chi connectivity index (χ1) is 7.72. The third-order valence-electron chi connectivity index (χ3n) is 2.55. The van der Waals surface area contributed by atoms with E-state index in [1.807, 2.05) is 0 Å².